The second-order valence-electron chi connectivity index (χ2n) is 6.46. The van der Waals surface area contributed by atoms with Crippen LogP contribution in [-0.4, -0.2) is 36.3 Å². The van der Waals surface area contributed by atoms with E-state index in [9.17, 15) is 14.0 Å². The van der Waals surface area contributed by atoms with Crippen LogP contribution in [0.1, 0.15) is 29.6 Å². The number of amides is 2. The van der Waals surface area contributed by atoms with E-state index in [4.69, 9.17) is 11.6 Å². The van der Waals surface area contributed by atoms with Crippen molar-refractivity contribution in [1.29, 1.82) is 0 Å². The number of nitrogens with zero attached hydrogens (tertiary/aromatic N) is 1. The summed E-state index contributed by atoms with van der Waals surface area (Å²) in [6.07, 6.45) is 3.24. The Balaban J connectivity index is 1.56. The largest absolute Gasteiger partial charge is 0.376 e. The first-order valence-electron chi connectivity index (χ1n) is 8.91. The van der Waals surface area contributed by atoms with Gasteiger partial charge in [-0.05, 0) is 55.7 Å². The minimum atomic E-state index is -0.539. The third-order valence-electron chi connectivity index (χ3n) is 4.41. The first kappa shape index (κ1) is 19.2. The molecule has 0 aromatic heterocycles. The molecule has 5 nitrogen and oxygen atoms in total. The van der Waals surface area contributed by atoms with Gasteiger partial charge in [-0.3, -0.25) is 9.59 Å². The third kappa shape index (κ3) is 5.20. The van der Waals surface area contributed by atoms with Gasteiger partial charge < -0.3 is 15.5 Å². The first-order chi connectivity index (χ1) is 13.0. The van der Waals surface area contributed by atoms with Gasteiger partial charge in [0.2, 0.25) is 5.91 Å². The van der Waals surface area contributed by atoms with E-state index in [0.717, 1.165) is 25.9 Å². The molecular weight excluding hydrogens is 369 g/mol. The molecule has 7 heteroatoms. The first-order valence-corrected chi connectivity index (χ1v) is 9.29. The molecule has 1 saturated heterocycles. The molecule has 1 aliphatic heterocycles. The van der Waals surface area contributed by atoms with Crippen molar-refractivity contribution in [3.8, 4) is 0 Å². The highest BCUT2D eigenvalue weighted by atomic mass is 35.5. The highest BCUT2D eigenvalue weighted by Crippen LogP contribution is 2.19. The monoisotopic (exact) mass is 389 g/mol. The minimum absolute atomic E-state index is 0.0103. The molecule has 0 saturated carbocycles. The van der Waals surface area contributed by atoms with E-state index in [1.807, 2.05) is 4.90 Å². The van der Waals surface area contributed by atoms with Gasteiger partial charge in [0.1, 0.15) is 5.82 Å². The lowest BCUT2D eigenvalue weighted by molar-refractivity contribution is -0.114. The summed E-state index contributed by atoms with van der Waals surface area (Å²) >= 11 is 5.70. The summed E-state index contributed by atoms with van der Waals surface area (Å²) in [5, 5.41) is 5.59. The number of likely N-dealkylation sites (tertiary alicyclic amines) is 1. The van der Waals surface area contributed by atoms with E-state index in [1.54, 1.807) is 24.3 Å². The molecule has 0 spiro atoms. The fourth-order valence-corrected chi connectivity index (χ4v) is 3.18. The summed E-state index contributed by atoms with van der Waals surface area (Å²) in [4.78, 5) is 26.5. The van der Waals surface area contributed by atoms with Crippen LogP contribution in [0.4, 0.5) is 15.8 Å². The summed E-state index contributed by atoms with van der Waals surface area (Å²) in [7, 11) is 0. The minimum Gasteiger partial charge on any atom is -0.376 e. The quantitative estimate of drug-likeness (QED) is 0.807. The molecule has 142 valence electrons. The van der Waals surface area contributed by atoms with E-state index < -0.39 is 5.82 Å². The zero-order chi connectivity index (χ0) is 19.2. The molecule has 0 atom stereocenters. The van der Waals surface area contributed by atoms with E-state index in [1.165, 1.54) is 24.6 Å². The van der Waals surface area contributed by atoms with Crippen molar-refractivity contribution in [2.24, 2.45) is 0 Å². The fourth-order valence-electron chi connectivity index (χ4n) is 3.00. The van der Waals surface area contributed by atoms with Crippen LogP contribution in [0.2, 0.25) is 5.02 Å². The van der Waals surface area contributed by atoms with Crippen molar-refractivity contribution < 1.29 is 14.0 Å². The number of hydrogen-bond acceptors (Lipinski definition) is 3. The number of benzene rings is 2. The summed E-state index contributed by atoms with van der Waals surface area (Å²) < 4.78 is 13.2. The Morgan fingerprint density at radius 2 is 1.81 bits per heavy atom. The lowest BCUT2D eigenvalue weighted by Gasteiger charge is -2.26. The molecule has 1 heterocycles. The molecule has 27 heavy (non-hydrogen) atoms. The van der Waals surface area contributed by atoms with Crippen LogP contribution in [0.15, 0.2) is 42.5 Å². The topological polar surface area (TPSA) is 61.4 Å². The summed E-state index contributed by atoms with van der Waals surface area (Å²) in [6, 6.07) is 11.1. The number of hydrogen-bond donors (Lipinski definition) is 2. The predicted molar refractivity (Wildman–Crippen MR) is 105 cm³/mol. The Hall–Kier alpha value is -2.60. The molecule has 0 aliphatic carbocycles. The van der Waals surface area contributed by atoms with E-state index >= 15 is 0 Å². The fraction of sp³-hybridized carbons (Fsp3) is 0.300. The standard InChI is InChI=1S/C20H21ClFN3O2/c21-17-12-16(7-8-18(17)22)24-19(26)13-23-15-6-4-5-14(11-15)20(27)25-9-2-1-3-10-25/h4-8,11-12,23H,1-3,9-10,13H2,(H,24,26). The van der Waals surface area contributed by atoms with Crippen molar-refractivity contribution in [1.82, 2.24) is 4.90 Å². The average Bonchev–Trinajstić information content (AvgIpc) is 2.69. The van der Waals surface area contributed by atoms with Gasteiger partial charge in [-0.1, -0.05) is 17.7 Å². The maximum atomic E-state index is 13.2. The molecule has 2 amide bonds. The van der Waals surface area contributed by atoms with Crippen molar-refractivity contribution >= 4 is 34.8 Å². The molecule has 0 unspecified atom stereocenters. The zero-order valence-corrected chi connectivity index (χ0v) is 15.6. The molecule has 2 aromatic carbocycles. The van der Waals surface area contributed by atoms with Gasteiger partial charge in [0.05, 0.1) is 11.6 Å². The Morgan fingerprint density at radius 1 is 1.04 bits per heavy atom. The van der Waals surface area contributed by atoms with Gasteiger partial charge in [-0.15, -0.1) is 0 Å². The SMILES string of the molecule is O=C(CNc1cccc(C(=O)N2CCCCC2)c1)Nc1ccc(F)c(Cl)c1. The van der Waals surface area contributed by atoms with Gasteiger partial charge >= 0.3 is 0 Å². The lowest BCUT2D eigenvalue weighted by atomic mass is 10.1. The number of anilines is 2. The summed E-state index contributed by atoms with van der Waals surface area (Å²) in [5.41, 5.74) is 1.71. The Kier molecular flexibility index (Phi) is 6.29. The average molecular weight is 390 g/mol. The van der Waals surface area contributed by atoms with E-state index in [0.29, 0.717) is 16.9 Å². The molecule has 3 rings (SSSR count). The maximum Gasteiger partial charge on any atom is 0.253 e. The van der Waals surface area contributed by atoms with Crippen molar-refractivity contribution in [3.05, 3.63) is 58.9 Å². The normalized spacial score (nSPS) is 13.9. The van der Waals surface area contributed by atoms with Crippen molar-refractivity contribution in [2.75, 3.05) is 30.3 Å². The van der Waals surface area contributed by atoms with Crippen LogP contribution >= 0.6 is 11.6 Å². The highest BCUT2D eigenvalue weighted by Gasteiger charge is 2.18. The number of nitrogens with one attached hydrogen (secondary N) is 2. The van der Waals surface area contributed by atoms with Gasteiger partial charge in [0.15, 0.2) is 0 Å². The van der Waals surface area contributed by atoms with Gasteiger partial charge in [-0.25, -0.2) is 4.39 Å². The van der Waals surface area contributed by atoms with Gasteiger partial charge in [0.25, 0.3) is 5.91 Å². The highest BCUT2D eigenvalue weighted by molar-refractivity contribution is 6.31. The lowest BCUT2D eigenvalue weighted by Crippen LogP contribution is -2.35. The van der Waals surface area contributed by atoms with Crippen LogP contribution in [0.25, 0.3) is 0 Å². The van der Waals surface area contributed by atoms with Crippen LogP contribution in [0.3, 0.4) is 0 Å². The molecular formula is C20H21ClFN3O2. The molecule has 2 N–H and O–H groups in total. The summed E-state index contributed by atoms with van der Waals surface area (Å²) in [6.45, 7) is 1.59. The van der Waals surface area contributed by atoms with Gasteiger partial charge in [-0.2, -0.15) is 0 Å². The smallest absolute Gasteiger partial charge is 0.253 e. The Labute approximate surface area is 162 Å². The van der Waals surface area contributed by atoms with Crippen LogP contribution in [0, 0.1) is 5.82 Å². The molecule has 2 aromatic rings. The number of piperidine rings is 1. The second kappa shape index (κ2) is 8.86. The third-order valence-corrected chi connectivity index (χ3v) is 4.70. The summed E-state index contributed by atoms with van der Waals surface area (Å²) in [5.74, 6) is -0.822. The zero-order valence-electron chi connectivity index (χ0n) is 14.8. The number of carbonyl (C=O) groups is 2. The Bertz CT molecular complexity index is 838. The van der Waals surface area contributed by atoms with Crippen LogP contribution in [0.5, 0.6) is 0 Å². The van der Waals surface area contributed by atoms with Crippen molar-refractivity contribution in [3.63, 3.8) is 0 Å². The molecule has 1 aliphatic rings. The van der Waals surface area contributed by atoms with E-state index in [2.05, 4.69) is 10.6 Å². The molecule has 0 bridgehead atoms. The van der Waals surface area contributed by atoms with Crippen LogP contribution < -0.4 is 10.6 Å². The second-order valence-corrected chi connectivity index (χ2v) is 6.87. The van der Waals surface area contributed by atoms with Gasteiger partial charge in [0, 0.05) is 30.0 Å². The van der Waals surface area contributed by atoms with Crippen molar-refractivity contribution in [2.45, 2.75) is 19.3 Å². The number of rotatable bonds is 5. The number of carbonyl (C=O) groups excluding carboxylic acids is 2. The van der Waals surface area contributed by atoms with E-state index in [-0.39, 0.29) is 23.4 Å². The Morgan fingerprint density at radius 3 is 2.56 bits per heavy atom. The molecule has 1 fully saturated rings. The van der Waals surface area contributed by atoms with Crippen LogP contribution in [-0.2, 0) is 4.79 Å². The maximum absolute atomic E-state index is 13.2. The predicted octanol–water partition coefficient (Wildman–Crippen LogP) is 4.16. The molecule has 0 radical (unpaired) electrons. The number of halogens is 2.